The fourth-order valence-electron chi connectivity index (χ4n) is 1.96. The Bertz CT molecular complexity index is 688. The molecular formula is C16H16INO4. The molecule has 116 valence electrons. The van der Waals surface area contributed by atoms with Gasteiger partial charge in [0.05, 0.1) is 19.8 Å². The number of para-hydroxylation sites is 1. The van der Waals surface area contributed by atoms with Crippen LogP contribution < -0.4 is 14.8 Å². The highest BCUT2D eigenvalue weighted by atomic mass is 127. The molecule has 0 saturated carbocycles. The van der Waals surface area contributed by atoms with Crippen LogP contribution in [0.25, 0.3) is 0 Å². The highest BCUT2D eigenvalue weighted by molar-refractivity contribution is 14.1. The van der Waals surface area contributed by atoms with E-state index in [2.05, 4.69) is 27.9 Å². The third-order valence-corrected chi connectivity index (χ3v) is 4.04. The zero-order chi connectivity index (χ0) is 16.1. The van der Waals surface area contributed by atoms with E-state index in [-0.39, 0.29) is 18.2 Å². The number of carbonyl (C=O) groups is 1. The molecule has 0 heterocycles. The number of phenols is 1. The van der Waals surface area contributed by atoms with Crippen molar-refractivity contribution >= 4 is 28.5 Å². The van der Waals surface area contributed by atoms with Crippen molar-refractivity contribution < 1.29 is 19.4 Å². The maximum atomic E-state index is 12.3. The van der Waals surface area contributed by atoms with E-state index in [1.165, 1.54) is 7.11 Å². The quantitative estimate of drug-likeness (QED) is 0.740. The molecule has 0 aliphatic carbocycles. The lowest BCUT2D eigenvalue weighted by atomic mass is 10.1. The average Bonchev–Trinajstić information content (AvgIpc) is 2.53. The van der Waals surface area contributed by atoms with Crippen molar-refractivity contribution in [2.45, 2.75) is 6.54 Å². The normalized spacial score (nSPS) is 10.1. The smallest absolute Gasteiger partial charge is 0.252 e. The van der Waals surface area contributed by atoms with Gasteiger partial charge in [0.15, 0.2) is 11.5 Å². The number of phenolic OH excluding ortho intramolecular Hbond substituents is 1. The summed E-state index contributed by atoms with van der Waals surface area (Å²) in [6, 6.07) is 10.3. The van der Waals surface area contributed by atoms with Gasteiger partial charge in [-0.25, -0.2) is 0 Å². The summed E-state index contributed by atoms with van der Waals surface area (Å²) in [7, 11) is 3.07. The fraction of sp³-hybridized carbons (Fsp3) is 0.188. The number of benzene rings is 2. The molecule has 1 amide bonds. The molecule has 0 saturated heterocycles. The van der Waals surface area contributed by atoms with Crippen LogP contribution in [0.4, 0.5) is 0 Å². The Morgan fingerprint density at radius 1 is 1.18 bits per heavy atom. The van der Waals surface area contributed by atoms with E-state index in [1.54, 1.807) is 43.5 Å². The van der Waals surface area contributed by atoms with E-state index in [0.29, 0.717) is 22.6 Å². The molecule has 2 aromatic carbocycles. The highest BCUT2D eigenvalue weighted by Crippen LogP contribution is 2.31. The number of nitrogens with one attached hydrogen (secondary N) is 1. The van der Waals surface area contributed by atoms with Crippen molar-refractivity contribution in [1.82, 2.24) is 5.32 Å². The van der Waals surface area contributed by atoms with Gasteiger partial charge < -0.3 is 19.9 Å². The van der Waals surface area contributed by atoms with Gasteiger partial charge in [-0.1, -0.05) is 18.2 Å². The summed E-state index contributed by atoms with van der Waals surface area (Å²) in [5.74, 6) is 0.984. The lowest BCUT2D eigenvalue weighted by Crippen LogP contribution is -2.23. The number of rotatable bonds is 5. The summed E-state index contributed by atoms with van der Waals surface area (Å²) in [6.45, 7) is 0.246. The van der Waals surface area contributed by atoms with Crippen LogP contribution in [-0.4, -0.2) is 25.2 Å². The first-order valence-corrected chi connectivity index (χ1v) is 7.61. The number of hydrogen-bond donors (Lipinski definition) is 2. The summed E-state index contributed by atoms with van der Waals surface area (Å²) in [4.78, 5) is 12.3. The SMILES string of the molecule is COc1cc(I)c(C(=O)NCc2ccccc2O)cc1OC. The van der Waals surface area contributed by atoms with Gasteiger partial charge >= 0.3 is 0 Å². The molecule has 0 atom stereocenters. The zero-order valence-corrected chi connectivity index (χ0v) is 14.4. The van der Waals surface area contributed by atoms with Crippen LogP contribution in [-0.2, 0) is 6.54 Å². The van der Waals surface area contributed by atoms with Crippen LogP contribution in [0, 0.1) is 3.57 Å². The number of amides is 1. The van der Waals surface area contributed by atoms with E-state index in [0.717, 1.165) is 3.57 Å². The molecule has 0 spiro atoms. The van der Waals surface area contributed by atoms with E-state index >= 15 is 0 Å². The Morgan fingerprint density at radius 2 is 1.82 bits per heavy atom. The molecular weight excluding hydrogens is 397 g/mol. The molecule has 0 fully saturated rings. The van der Waals surface area contributed by atoms with E-state index in [4.69, 9.17) is 9.47 Å². The summed E-state index contributed by atoms with van der Waals surface area (Å²) >= 11 is 2.07. The van der Waals surface area contributed by atoms with E-state index < -0.39 is 0 Å². The van der Waals surface area contributed by atoms with Crippen LogP contribution in [0.3, 0.4) is 0 Å². The van der Waals surface area contributed by atoms with Gasteiger partial charge in [0, 0.05) is 15.7 Å². The first-order valence-electron chi connectivity index (χ1n) is 6.53. The molecule has 6 heteroatoms. The van der Waals surface area contributed by atoms with Crippen LogP contribution in [0.2, 0.25) is 0 Å². The second-order valence-corrected chi connectivity index (χ2v) is 5.66. The predicted octanol–water partition coefficient (Wildman–Crippen LogP) is 2.94. The Balaban J connectivity index is 2.18. The van der Waals surface area contributed by atoms with Gasteiger partial charge in [0.2, 0.25) is 0 Å². The van der Waals surface area contributed by atoms with Gasteiger partial charge in [-0.3, -0.25) is 4.79 Å². The molecule has 0 aromatic heterocycles. The number of hydrogen-bond acceptors (Lipinski definition) is 4. The third-order valence-electron chi connectivity index (χ3n) is 3.15. The maximum Gasteiger partial charge on any atom is 0.252 e. The van der Waals surface area contributed by atoms with Gasteiger partial charge in [0.1, 0.15) is 5.75 Å². The minimum Gasteiger partial charge on any atom is -0.508 e. The fourth-order valence-corrected chi connectivity index (χ4v) is 2.64. The summed E-state index contributed by atoms with van der Waals surface area (Å²) in [5.41, 5.74) is 1.15. The minimum absolute atomic E-state index is 0.157. The summed E-state index contributed by atoms with van der Waals surface area (Å²) < 4.78 is 11.2. The molecule has 0 aliphatic rings. The van der Waals surface area contributed by atoms with Crippen molar-refractivity contribution in [1.29, 1.82) is 0 Å². The van der Waals surface area contributed by atoms with Crippen molar-refractivity contribution in [3.05, 3.63) is 51.1 Å². The van der Waals surface area contributed by atoms with Crippen LogP contribution >= 0.6 is 22.6 Å². The largest absolute Gasteiger partial charge is 0.508 e. The average molecular weight is 413 g/mol. The Kier molecular flexibility index (Phi) is 5.48. The first-order chi connectivity index (χ1) is 10.6. The van der Waals surface area contributed by atoms with E-state index in [9.17, 15) is 9.90 Å². The lowest BCUT2D eigenvalue weighted by molar-refractivity contribution is 0.0949. The summed E-state index contributed by atoms with van der Waals surface area (Å²) in [6.07, 6.45) is 0. The first kappa shape index (κ1) is 16.4. The van der Waals surface area contributed by atoms with Crippen molar-refractivity contribution in [2.24, 2.45) is 0 Å². The molecule has 5 nitrogen and oxygen atoms in total. The van der Waals surface area contributed by atoms with Crippen LogP contribution in [0.1, 0.15) is 15.9 Å². The van der Waals surface area contributed by atoms with E-state index in [1.807, 2.05) is 0 Å². The van der Waals surface area contributed by atoms with Crippen LogP contribution in [0.5, 0.6) is 17.2 Å². The zero-order valence-electron chi connectivity index (χ0n) is 12.2. The third kappa shape index (κ3) is 3.62. The molecule has 2 aromatic rings. The number of ether oxygens (including phenoxy) is 2. The lowest BCUT2D eigenvalue weighted by Gasteiger charge is -2.12. The molecule has 0 unspecified atom stereocenters. The number of methoxy groups -OCH3 is 2. The standard InChI is InChI=1S/C16H16INO4/c1-21-14-7-11(12(17)8-15(14)22-2)16(20)18-9-10-5-3-4-6-13(10)19/h3-8,19H,9H2,1-2H3,(H,18,20). The predicted molar refractivity (Wildman–Crippen MR) is 91.5 cm³/mol. The molecule has 22 heavy (non-hydrogen) atoms. The Hall–Kier alpha value is -1.96. The Morgan fingerprint density at radius 3 is 2.45 bits per heavy atom. The van der Waals surface area contributed by atoms with Gasteiger partial charge in [-0.05, 0) is 40.8 Å². The molecule has 2 N–H and O–H groups in total. The van der Waals surface area contributed by atoms with Gasteiger partial charge in [-0.15, -0.1) is 0 Å². The van der Waals surface area contributed by atoms with Gasteiger partial charge in [-0.2, -0.15) is 0 Å². The number of aromatic hydroxyl groups is 1. The van der Waals surface area contributed by atoms with Crippen LogP contribution in [0.15, 0.2) is 36.4 Å². The van der Waals surface area contributed by atoms with Crippen molar-refractivity contribution in [3.8, 4) is 17.2 Å². The molecule has 2 rings (SSSR count). The monoisotopic (exact) mass is 413 g/mol. The Labute approximate surface area is 142 Å². The second kappa shape index (κ2) is 7.35. The highest BCUT2D eigenvalue weighted by Gasteiger charge is 2.15. The number of carbonyl (C=O) groups excluding carboxylic acids is 1. The molecule has 0 radical (unpaired) electrons. The molecule has 0 aliphatic heterocycles. The molecule has 0 bridgehead atoms. The topological polar surface area (TPSA) is 67.8 Å². The van der Waals surface area contributed by atoms with Crippen molar-refractivity contribution in [3.63, 3.8) is 0 Å². The maximum absolute atomic E-state index is 12.3. The number of halogens is 1. The van der Waals surface area contributed by atoms with Gasteiger partial charge in [0.25, 0.3) is 5.91 Å². The minimum atomic E-state index is -0.242. The second-order valence-electron chi connectivity index (χ2n) is 4.50. The van der Waals surface area contributed by atoms with Crippen molar-refractivity contribution in [2.75, 3.05) is 14.2 Å². The summed E-state index contributed by atoms with van der Waals surface area (Å²) in [5, 5.41) is 12.5.